The van der Waals surface area contributed by atoms with E-state index in [9.17, 15) is 4.79 Å². The van der Waals surface area contributed by atoms with Crippen LogP contribution in [-0.4, -0.2) is 46.0 Å². The van der Waals surface area contributed by atoms with Crippen molar-refractivity contribution < 1.29 is 9.53 Å². The molecule has 0 spiro atoms. The topological polar surface area (TPSA) is 74.0 Å². The quantitative estimate of drug-likeness (QED) is 0.770. The fourth-order valence-corrected chi connectivity index (χ4v) is 3.60. The van der Waals surface area contributed by atoms with E-state index in [1.165, 1.54) is 0 Å². The minimum atomic E-state index is 0.0625. The lowest BCUT2D eigenvalue weighted by Gasteiger charge is -2.31. The Morgan fingerprint density at radius 3 is 3.04 bits per heavy atom. The number of carbonyl (C=O) groups is 1. The Kier molecular flexibility index (Phi) is 3.95. The largest absolute Gasteiger partial charge is 0.497 e. The molecule has 1 aromatic carbocycles. The number of aromatic nitrogens is 3. The molecule has 2 aromatic heterocycles. The predicted octanol–water partition coefficient (Wildman–Crippen LogP) is 3.23. The lowest BCUT2D eigenvalue weighted by molar-refractivity contribution is 0.0707. The zero-order valence-electron chi connectivity index (χ0n) is 14.5. The number of likely N-dealkylation sites (tertiary alicyclic amines) is 1. The molecule has 3 aromatic rings. The molecule has 6 heteroatoms. The van der Waals surface area contributed by atoms with Gasteiger partial charge in [0.05, 0.1) is 12.7 Å². The zero-order chi connectivity index (χ0) is 17.4. The van der Waals surface area contributed by atoms with E-state index in [2.05, 4.69) is 15.0 Å². The highest BCUT2D eigenvalue weighted by Gasteiger charge is 2.28. The van der Waals surface area contributed by atoms with Crippen LogP contribution in [0.5, 0.6) is 5.75 Å². The monoisotopic (exact) mass is 338 g/mol. The number of hydrogen-bond donors (Lipinski definition) is 2. The minimum Gasteiger partial charge on any atom is -0.497 e. The summed E-state index contributed by atoms with van der Waals surface area (Å²) < 4.78 is 5.30. The molecule has 1 aliphatic heterocycles. The molecule has 0 radical (unpaired) electrons. The van der Waals surface area contributed by atoms with Crippen molar-refractivity contribution in [3.63, 3.8) is 0 Å². The highest BCUT2D eigenvalue weighted by Crippen LogP contribution is 2.29. The third kappa shape index (κ3) is 2.88. The molecule has 1 fully saturated rings. The van der Waals surface area contributed by atoms with Crippen LogP contribution in [0.3, 0.4) is 0 Å². The Hall–Kier alpha value is -2.76. The number of fused-ring (bicyclic) bond motifs is 1. The van der Waals surface area contributed by atoms with E-state index in [-0.39, 0.29) is 11.8 Å². The van der Waals surface area contributed by atoms with E-state index in [1.54, 1.807) is 13.3 Å². The second kappa shape index (κ2) is 6.27. The van der Waals surface area contributed by atoms with Crippen LogP contribution in [0.1, 0.15) is 40.6 Å². The lowest BCUT2D eigenvalue weighted by Crippen LogP contribution is -2.39. The third-order valence-electron chi connectivity index (χ3n) is 4.94. The number of nitrogens with one attached hydrogen (secondary N) is 2. The SMILES string of the molecule is COc1ccc2[nH]cc(C(=O)N3CCCC(c4ncc(C)[nH]4)C3)c2c1. The van der Waals surface area contributed by atoms with Gasteiger partial charge in [0.25, 0.3) is 5.91 Å². The van der Waals surface area contributed by atoms with E-state index in [4.69, 9.17) is 4.74 Å². The number of aromatic amines is 2. The molecule has 1 amide bonds. The second-order valence-corrected chi connectivity index (χ2v) is 6.66. The van der Waals surface area contributed by atoms with Gasteiger partial charge < -0.3 is 19.6 Å². The van der Waals surface area contributed by atoms with Crippen LogP contribution in [0.2, 0.25) is 0 Å². The van der Waals surface area contributed by atoms with Gasteiger partial charge in [-0.3, -0.25) is 4.79 Å². The van der Waals surface area contributed by atoms with E-state index >= 15 is 0 Å². The fourth-order valence-electron chi connectivity index (χ4n) is 3.60. The fraction of sp³-hybridized carbons (Fsp3) is 0.368. The summed E-state index contributed by atoms with van der Waals surface area (Å²) in [5.41, 5.74) is 2.70. The molecular formula is C19H22N4O2. The number of aryl methyl sites for hydroxylation is 1. The van der Waals surface area contributed by atoms with Crippen molar-refractivity contribution in [2.45, 2.75) is 25.7 Å². The van der Waals surface area contributed by atoms with E-state index in [0.29, 0.717) is 12.1 Å². The van der Waals surface area contributed by atoms with Crippen molar-refractivity contribution in [2.75, 3.05) is 20.2 Å². The van der Waals surface area contributed by atoms with E-state index in [1.807, 2.05) is 36.2 Å². The second-order valence-electron chi connectivity index (χ2n) is 6.66. The van der Waals surface area contributed by atoms with Crippen molar-refractivity contribution in [1.29, 1.82) is 0 Å². The average Bonchev–Trinajstić information content (AvgIpc) is 3.27. The molecule has 0 bridgehead atoms. The molecular weight excluding hydrogens is 316 g/mol. The Morgan fingerprint density at radius 1 is 1.40 bits per heavy atom. The van der Waals surface area contributed by atoms with Crippen molar-refractivity contribution >= 4 is 16.8 Å². The molecule has 0 aliphatic carbocycles. The van der Waals surface area contributed by atoms with Crippen LogP contribution >= 0.6 is 0 Å². The number of carbonyl (C=O) groups excluding carboxylic acids is 1. The third-order valence-corrected chi connectivity index (χ3v) is 4.94. The first-order valence-corrected chi connectivity index (χ1v) is 8.61. The number of rotatable bonds is 3. The molecule has 2 N–H and O–H groups in total. The highest BCUT2D eigenvalue weighted by molar-refractivity contribution is 6.07. The molecule has 0 saturated carbocycles. The van der Waals surface area contributed by atoms with Gasteiger partial charge in [-0.15, -0.1) is 0 Å². The summed E-state index contributed by atoms with van der Waals surface area (Å²) in [6.07, 6.45) is 5.69. The van der Waals surface area contributed by atoms with Gasteiger partial charge in [-0.1, -0.05) is 0 Å². The number of piperidine rings is 1. The highest BCUT2D eigenvalue weighted by atomic mass is 16.5. The molecule has 1 saturated heterocycles. The zero-order valence-corrected chi connectivity index (χ0v) is 14.5. The van der Waals surface area contributed by atoms with Crippen LogP contribution < -0.4 is 4.74 Å². The smallest absolute Gasteiger partial charge is 0.256 e. The minimum absolute atomic E-state index is 0.0625. The van der Waals surface area contributed by atoms with Crippen molar-refractivity contribution in [3.8, 4) is 5.75 Å². The van der Waals surface area contributed by atoms with E-state index in [0.717, 1.165) is 47.6 Å². The number of amides is 1. The first kappa shape index (κ1) is 15.7. The summed E-state index contributed by atoms with van der Waals surface area (Å²) in [5.74, 6) is 2.07. The normalized spacial score (nSPS) is 17.8. The maximum absolute atomic E-state index is 13.1. The maximum Gasteiger partial charge on any atom is 0.256 e. The number of nitrogens with zero attached hydrogens (tertiary/aromatic N) is 2. The molecule has 3 heterocycles. The Labute approximate surface area is 146 Å². The van der Waals surface area contributed by atoms with Crippen molar-refractivity contribution in [2.24, 2.45) is 0 Å². The van der Waals surface area contributed by atoms with Crippen LogP contribution in [0.4, 0.5) is 0 Å². The van der Waals surface area contributed by atoms with Crippen molar-refractivity contribution in [1.82, 2.24) is 19.9 Å². The number of hydrogen-bond acceptors (Lipinski definition) is 3. The predicted molar refractivity (Wildman–Crippen MR) is 96.1 cm³/mol. The summed E-state index contributed by atoms with van der Waals surface area (Å²) >= 11 is 0. The Morgan fingerprint density at radius 2 is 2.28 bits per heavy atom. The summed E-state index contributed by atoms with van der Waals surface area (Å²) in [6, 6.07) is 5.75. The number of methoxy groups -OCH3 is 1. The number of ether oxygens (including phenoxy) is 1. The number of H-pyrrole nitrogens is 2. The lowest BCUT2D eigenvalue weighted by atomic mass is 9.96. The average molecular weight is 338 g/mol. The molecule has 1 aliphatic rings. The molecule has 130 valence electrons. The van der Waals surface area contributed by atoms with Crippen molar-refractivity contribution in [3.05, 3.63) is 47.7 Å². The van der Waals surface area contributed by atoms with Gasteiger partial charge in [-0.05, 0) is 38.0 Å². The summed E-state index contributed by atoms with van der Waals surface area (Å²) in [6.45, 7) is 3.48. The van der Waals surface area contributed by atoms with E-state index < -0.39 is 0 Å². The maximum atomic E-state index is 13.1. The standard InChI is InChI=1S/C19H22N4O2/c1-12-9-21-18(22-12)13-4-3-7-23(11-13)19(24)16-10-20-17-6-5-14(25-2)8-15(16)17/h5-6,8-10,13,20H,3-4,7,11H2,1-2H3,(H,21,22). The first-order chi connectivity index (χ1) is 12.2. The summed E-state index contributed by atoms with van der Waals surface area (Å²) in [4.78, 5) is 26.0. The van der Waals surface area contributed by atoms with Crippen LogP contribution in [0, 0.1) is 6.92 Å². The van der Waals surface area contributed by atoms with Gasteiger partial charge in [-0.25, -0.2) is 4.98 Å². The Balaban J connectivity index is 1.60. The van der Waals surface area contributed by atoms with Gasteiger partial charge in [0, 0.05) is 48.0 Å². The molecule has 6 nitrogen and oxygen atoms in total. The molecule has 4 rings (SSSR count). The van der Waals surface area contributed by atoms with Gasteiger partial charge in [0.2, 0.25) is 0 Å². The number of imidazole rings is 1. The van der Waals surface area contributed by atoms with Crippen LogP contribution in [0.15, 0.2) is 30.6 Å². The van der Waals surface area contributed by atoms with Crippen LogP contribution in [-0.2, 0) is 0 Å². The van der Waals surface area contributed by atoms with Crippen LogP contribution in [0.25, 0.3) is 10.9 Å². The summed E-state index contributed by atoms with van der Waals surface area (Å²) in [5, 5.41) is 0.903. The number of benzene rings is 1. The first-order valence-electron chi connectivity index (χ1n) is 8.61. The van der Waals surface area contributed by atoms with Gasteiger partial charge in [0.15, 0.2) is 0 Å². The molecule has 1 atom stereocenters. The molecule has 1 unspecified atom stereocenters. The van der Waals surface area contributed by atoms with Gasteiger partial charge in [0.1, 0.15) is 11.6 Å². The van der Waals surface area contributed by atoms with Gasteiger partial charge in [-0.2, -0.15) is 0 Å². The molecule has 25 heavy (non-hydrogen) atoms. The van der Waals surface area contributed by atoms with Gasteiger partial charge >= 0.3 is 0 Å². The Bertz CT molecular complexity index is 911. The summed E-state index contributed by atoms with van der Waals surface area (Å²) in [7, 11) is 1.63.